The van der Waals surface area contributed by atoms with Crippen LogP contribution in [0.25, 0.3) is 0 Å². The quantitative estimate of drug-likeness (QED) is 0.208. The van der Waals surface area contributed by atoms with Crippen molar-refractivity contribution in [2.75, 3.05) is 25.8 Å². The number of aliphatic hydroxyl groups excluding tert-OH is 1. The molecule has 2 aromatic carbocycles. The van der Waals surface area contributed by atoms with Crippen molar-refractivity contribution in [1.82, 2.24) is 14.7 Å². The van der Waals surface area contributed by atoms with Gasteiger partial charge >= 0.3 is 0 Å². The zero-order chi connectivity index (χ0) is 29.3. The number of nitrogens with one attached hydrogen (secondary N) is 1. The molecule has 0 spiro atoms. The van der Waals surface area contributed by atoms with Crippen LogP contribution >= 0.6 is 11.6 Å². The van der Waals surface area contributed by atoms with Crippen LogP contribution in [0.4, 0.5) is 0 Å². The van der Waals surface area contributed by atoms with Gasteiger partial charge in [-0.1, -0.05) is 44.2 Å². The second-order valence-electron chi connectivity index (χ2n) is 9.69. The van der Waals surface area contributed by atoms with Gasteiger partial charge < -0.3 is 14.6 Å². The van der Waals surface area contributed by atoms with E-state index in [2.05, 4.69) is 11.3 Å². The number of carbonyl (C=O) groups excluding carboxylic acids is 2. The molecule has 2 N–H and O–H groups in total. The van der Waals surface area contributed by atoms with Crippen molar-refractivity contribution < 1.29 is 32.6 Å². The van der Waals surface area contributed by atoms with Gasteiger partial charge in [0.1, 0.15) is 5.88 Å². The number of hydrazine groups is 1. The maximum Gasteiger partial charge on any atom is 0.253 e. The Kier molecular flexibility index (Phi) is 11.2. The number of halogens is 1. The number of hydrogen-bond donors (Lipinski definition) is 2. The second-order valence-corrected chi connectivity index (χ2v) is 11.9. The van der Waals surface area contributed by atoms with Gasteiger partial charge in [0, 0.05) is 32.0 Å². The predicted molar refractivity (Wildman–Crippen MR) is 150 cm³/mol. The van der Waals surface area contributed by atoms with E-state index >= 15 is 0 Å². The lowest BCUT2D eigenvalue weighted by Gasteiger charge is -2.37. The summed E-state index contributed by atoms with van der Waals surface area (Å²) in [6.45, 7) is 3.43. The molecule has 0 saturated heterocycles. The maximum atomic E-state index is 13.8. The predicted octanol–water partition coefficient (Wildman–Crippen LogP) is 2.55. The first kappa shape index (κ1) is 31.2. The fourth-order valence-electron chi connectivity index (χ4n) is 4.24. The van der Waals surface area contributed by atoms with Crippen molar-refractivity contribution in [1.29, 1.82) is 0 Å². The van der Waals surface area contributed by atoms with Gasteiger partial charge in [-0.3, -0.25) is 15.0 Å². The normalized spacial score (nSPS) is 14.0. The number of terminal acetylenes is 1. The highest BCUT2D eigenvalue weighted by molar-refractivity contribution is 7.89. The van der Waals surface area contributed by atoms with Crippen LogP contribution in [-0.4, -0.2) is 72.6 Å². The lowest BCUT2D eigenvalue weighted by atomic mass is 9.99. The zero-order valence-corrected chi connectivity index (χ0v) is 24.0. The molecule has 2 aromatic rings. The molecule has 3 rings (SSSR count). The Balaban J connectivity index is 1.98. The van der Waals surface area contributed by atoms with E-state index in [0.717, 1.165) is 10.6 Å². The van der Waals surface area contributed by atoms with Gasteiger partial charge in [-0.25, -0.2) is 13.4 Å². The molecule has 2 amide bonds. The summed E-state index contributed by atoms with van der Waals surface area (Å²) < 4.78 is 39.4. The number of rotatable bonds is 13. The van der Waals surface area contributed by atoms with Crippen LogP contribution in [0.15, 0.2) is 53.4 Å². The number of aliphatic hydroxyl groups is 1. The van der Waals surface area contributed by atoms with E-state index in [1.165, 1.54) is 22.5 Å². The first-order chi connectivity index (χ1) is 19.1. The summed E-state index contributed by atoms with van der Waals surface area (Å²) in [5, 5.41) is 12.6. The first-order valence-electron chi connectivity index (χ1n) is 12.8. The van der Waals surface area contributed by atoms with Gasteiger partial charge in [0.15, 0.2) is 11.5 Å². The third-order valence-corrected chi connectivity index (χ3v) is 8.19. The number of ether oxygens (including phenoxy) is 2. The van der Waals surface area contributed by atoms with Crippen molar-refractivity contribution >= 4 is 33.4 Å². The van der Waals surface area contributed by atoms with Crippen LogP contribution < -0.4 is 14.9 Å². The SMILES string of the molecule is C#CCCC(=O)N(NC(=O)CCl)[C@@H](Cc1ccccc1)[C@H](O)CN(CC(C)C)S(=O)(=O)c1ccc2c(c1)OCO2. The number of alkyl halides is 1. The average molecular weight is 592 g/mol. The second kappa shape index (κ2) is 14.4. The van der Waals surface area contributed by atoms with Gasteiger partial charge in [0.25, 0.3) is 5.91 Å². The number of fused-ring (bicyclic) bond motifs is 1. The molecule has 0 aliphatic carbocycles. The minimum Gasteiger partial charge on any atom is -0.454 e. The Bertz CT molecular complexity index is 1310. The van der Waals surface area contributed by atoms with Gasteiger partial charge in [0.05, 0.1) is 17.0 Å². The number of sulfonamides is 1. The third-order valence-electron chi connectivity index (χ3n) is 6.12. The molecular formula is C28H34ClN3O7S. The Morgan fingerprint density at radius 1 is 1.12 bits per heavy atom. The van der Waals surface area contributed by atoms with E-state index in [9.17, 15) is 23.1 Å². The van der Waals surface area contributed by atoms with Gasteiger partial charge in [-0.2, -0.15) is 4.31 Å². The van der Waals surface area contributed by atoms with Crippen molar-refractivity contribution in [2.45, 2.75) is 50.2 Å². The Hall–Kier alpha value is -3.30. The molecule has 0 fully saturated rings. The summed E-state index contributed by atoms with van der Waals surface area (Å²) in [5.41, 5.74) is 3.23. The lowest BCUT2D eigenvalue weighted by molar-refractivity contribution is -0.147. The maximum absolute atomic E-state index is 13.8. The molecule has 0 bridgehead atoms. The highest BCUT2D eigenvalue weighted by Gasteiger charge is 2.36. The van der Waals surface area contributed by atoms with Crippen LogP contribution in [0.1, 0.15) is 32.3 Å². The summed E-state index contributed by atoms with van der Waals surface area (Å²) in [6.07, 6.45) is 4.07. The molecular weight excluding hydrogens is 558 g/mol. The minimum atomic E-state index is -4.11. The molecule has 12 heteroatoms. The Labute approximate surface area is 240 Å². The van der Waals surface area contributed by atoms with Crippen molar-refractivity contribution in [3.05, 3.63) is 54.1 Å². The molecule has 40 heavy (non-hydrogen) atoms. The van der Waals surface area contributed by atoms with Crippen molar-refractivity contribution in [2.24, 2.45) is 5.92 Å². The number of nitrogens with zero attached hydrogens (tertiary/aromatic N) is 2. The van der Waals surface area contributed by atoms with E-state index in [4.69, 9.17) is 27.5 Å². The molecule has 1 heterocycles. The Morgan fingerprint density at radius 3 is 2.48 bits per heavy atom. The Morgan fingerprint density at radius 2 is 1.82 bits per heavy atom. The lowest BCUT2D eigenvalue weighted by Crippen LogP contribution is -2.59. The molecule has 0 aromatic heterocycles. The highest BCUT2D eigenvalue weighted by Crippen LogP contribution is 2.35. The smallest absolute Gasteiger partial charge is 0.253 e. The van der Waals surface area contributed by atoms with Gasteiger partial charge in [0.2, 0.25) is 22.7 Å². The third kappa shape index (κ3) is 8.11. The topological polar surface area (TPSA) is 125 Å². The van der Waals surface area contributed by atoms with E-state index < -0.39 is 39.9 Å². The van der Waals surface area contributed by atoms with Crippen LogP contribution in [-0.2, 0) is 26.0 Å². The number of benzene rings is 2. The molecule has 216 valence electrons. The number of carbonyl (C=O) groups is 2. The summed E-state index contributed by atoms with van der Waals surface area (Å²) in [4.78, 5) is 25.5. The van der Waals surface area contributed by atoms with Crippen LogP contribution in [0.2, 0.25) is 0 Å². The summed E-state index contributed by atoms with van der Waals surface area (Å²) >= 11 is 5.71. The van der Waals surface area contributed by atoms with Gasteiger partial charge in [-0.15, -0.1) is 23.9 Å². The van der Waals surface area contributed by atoms with E-state index in [1.807, 2.05) is 32.0 Å². The number of amides is 2. The highest BCUT2D eigenvalue weighted by atomic mass is 35.5. The molecule has 0 unspecified atom stereocenters. The average Bonchev–Trinajstić information content (AvgIpc) is 3.41. The number of hydrogen-bond acceptors (Lipinski definition) is 7. The fourth-order valence-corrected chi connectivity index (χ4v) is 5.94. The molecule has 0 radical (unpaired) electrons. The minimum absolute atomic E-state index is 0.00795. The summed E-state index contributed by atoms with van der Waals surface area (Å²) in [6, 6.07) is 12.3. The van der Waals surface area contributed by atoms with Gasteiger partial charge in [-0.05, 0) is 30.0 Å². The van der Waals surface area contributed by atoms with E-state index in [0.29, 0.717) is 11.5 Å². The molecule has 1 aliphatic rings. The van der Waals surface area contributed by atoms with Crippen LogP contribution in [0.3, 0.4) is 0 Å². The van der Waals surface area contributed by atoms with Crippen LogP contribution in [0, 0.1) is 18.3 Å². The largest absolute Gasteiger partial charge is 0.454 e. The molecule has 1 aliphatic heterocycles. The molecule has 10 nitrogen and oxygen atoms in total. The molecule has 2 atom stereocenters. The van der Waals surface area contributed by atoms with Crippen molar-refractivity contribution in [3.63, 3.8) is 0 Å². The molecule has 0 saturated carbocycles. The summed E-state index contributed by atoms with van der Waals surface area (Å²) in [7, 11) is -4.11. The van der Waals surface area contributed by atoms with Crippen molar-refractivity contribution in [3.8, 4) is 23.8 Å². The zero-order valence-electron chi connectivity index (χ0n) is 22.5. The van der Waals surface area contributed by atoms with Crippen LogP contribution in [0.5, 0.6) is 11.5 Å². The summed E-state index contributed by atoms with van der Waals surface area (Å²) in [5.74, 6) is 1.43. The fraction of sp³-hybridized carbons (Fsp3) is 0.429. The monoisotopic (exact) mass is 591 g/mol. The first-order valence-corrected chi connectivity index (χ1v) is 14.8. The van der Waals surface area contributed by atoms with E-state index in [-0.39, 0.29) is 50.0 Å². The van der Waals surface area contributed by atoms with E-state index in [1.54, 1.807) is 12.1 Å². The standard InChI is InChI=1S/C28H34ClN3O7S/c1-4-5-11-28(35)32(30-27(34)16-29)23(14-21-9-7-6-8-10-21)24(33)18-31(17-20(2)3)40(36,37)22-12-13-25-26(15-22)39-19-38-25/h1,6-10,12-13,15,20,23-24,33H,5,11,14,16-19H2,2-3H3,(H,30,34)/t23-,24+/m0/s1.